The highest BCUT2D eigenvalue weighted by Crippen LogP contribution is 2.45. The van der Waals surface area contributed by atoms with Gasteiger partial charge in [-0.15, -0.1) is 0 Å². The Balaban J connectivity index is 1.74. The minimum absolute atomic E-state index is 0.0279. The van der Waals surface area contributed by atoms with Crippen molar-refractivity contribution in [3.8, 4) is 0 Å². The molecule has 0 radical (unpaired) electrons. The van der Waals surface area contributed by atoms with Gasteiger partial charge in [-0.25, -0.2) is 0 Å². The van der Waals surface area contributed by atoms with Gasteiger partial charge in [0.25, 0.3) is 0 Å². The van der Waals surface area contributed by atoms with Crippen LogP contribution in [-0.4, -0.2) is 35.8 Å². The number of carbonyl (C=O) groups excluding carboxylic acids is 2. The van der Waals surface area contributed by atoms with Crippen molar-refractivity contribution in [2.45, 2.75) is 51.0 Å². The van der Waals surface area contributed by atoms with E-state index >= 15 is 0 Å². The second-order valence-corrected chi connectivity index (χ2v) is 5.88. The lowest BCUT2D eigenvalue weighted by molar-refractivity contribution is -0.158. The summed E-state index contributed by atoms with van der Waals surface area (Å²) in [6, 6.07) is 0.135. The summed E-state index contributed by atoms with van der Waals surface area (Å²) in [6.07, 6.45) is 6.99. The van der Waals surface area contributed by atoms with E-state index in [4.69, 9.17) is 0 Å². The number of nitrogens with one attached hydrogen (secondary N) is 1. The van der Waals surface area contributed by atoms with Gasteiger partial charge in [0.1, 0.15) is 0 Å². The normalized spacial score (nSPS) is 29.5. The lowest BCUT2D eigenvalue weighted by atomic mass is 9.67. The van der Waals surface area contributed by atoms with E-state index in [0.29, 0.717) is 12.8 Å². The van der Waals surface area contributed by atoms with Gasteiger partial charge in [0, 0.05) is 25.9 Å². The maximum absolute atomic E-state index is 12.2. The minimum atomic E-state index is 0.0279. The summed E-state index contributed by atoms with van der Waals surface area (Å²) in [5.74, 6) is 0.157. The Kier molecular flexibility index (Phi) is 2.69. The fraction of sp³-hybridized carbons (Fsp3) is 0.846. The van der Waals surface area contributed by atoms with Gasteiger partial charge in [-0.1, -0.05) is 19.3 Å². The Labute approximate surface area is 102 Å². The lowest BCUT2D eigenvalue weighted by Gasteiger charge is -2.46. The molecule has 3 fully saturated rings. The molecule has 2 saturated heterocycles. The maximum Gasteiger partial charge on any atom is 0.230 e. The van der Waals surface area contributed by atoms with Gasteiger partial charge in [0.05, 0.1) is 6.04 Å². The molecule has 4 heteroatoms. The first-order chi connectivity index (χ1) is 8.20. The zero-order valence-electron chi connectivity index (χ0n) is 10.2. The van der Waals surface area contributed by atoms with E-state index in [2.05, 4.69) is 5.32 Å². The van der Waals surface area contributed by atoms with E-state index in [1.54, 1.807) is 0 Å². The molecule has 0 unspecified atom stereocenters. The molecule has 1 aliphatic carbocycles. The van der Waals surface area contributed by atoms with E-state index in [1.807, 2.05) is 0 Å². The number of hydrogen-bond donors (Lipinski definition) is 1. The van der Waals surface area contributed by atoms with Gasteiger partial charge in [-0.05, 0) is 18.3 Å². The van der Waals surface area contributed by atoms with Crippen molar-refractivity contribution in [1.29, 1.82) is 0 Å². The van der Waals surface area contributed by atoms with Gasteiger partial charge in [0.2, 0.25) is 11.8 Å². The molecular formula is C13H20N2O2. The maximum atomic E-state index is 12.2. The van der Waals surface area contributed by atoms with E-state index in [-0.39, 0.29) is 23.3 Å². The zero-order chi connectivity index (χ0) is 11.9. The zero-order valence-corrected chi connectivity index (χ0v) is 10.2. The van der Waals surface area contributed by atoms with Crippen LogP contribution in [0.2, 0.25) is 0 Å². The largest absolute Gasteiger partial charge is 0.313 e. The highest BCUT2D eigenvalue weighted by atomic mass is 16.2. The highest BCUT2D eigenvalue weighted by Gasteiger charge is 2.46. The SMILES string of the molecule is O=C1CC2(CCCCC2)CC(=O)N1C1CNC1. The standard InChI is InChI=1S/C13H20N2O2/c16-11-6-13(4-2-1-3-5-13)7-12(17)15(11)10-8-14-9-10/h10,14H,1-9H2. The predicted molar refractivity (Wildman–Crippen MR) is 63.3 cm³/mol. The first kappa shape index (κ1) is 11.2. The Hall–Kier alpha value is -0.900. The number of imide groups is 1. The van der Waals surface area contributed by atoms with Crippen LogP contribution in [0, 0.1) is 5.41 Å². The van der Waals surface area contributed by atoms with Crippen molar-refractivity contribution in [2.24, 2.45) is 5.41 Å². The first-order valence-electron chi connectivity index (χ1n) is 6.76. The molecule has 2 aliphatic heterocycles. The Bertz CT molecular complexity index is 323. The number of likely N-dealkylation sites (tertiary alicyclic amines) is 1. The number of amides is 2. The fourth-order valence-electron chi connectivity index (χ4n) is 3.53. The molecule has 1 saturated carbocycles. The van der Waals surface area contributed by atoms with Crippen molar-refractivity contribution in [1.82, 2.24) is 10.2 Å². The van der Waals surface area contributed by atoms with E-state index in [0.717, 1.165) is 25.9 Å². The van der Waals surface area contributed by atoms with Crippen LogP contribution in [0.5, 0.6) is 0 Å². The summed E-state index contributed by atoms with van der Waals surface area (Å²) >= 11 is 0. The summed E-state index contributed by atoms with van der Waals surface area (Å²) in [6.45, 7) is 1.56. The molecule has 4 nitrogen and oxygen atoms in total. The van der Waals surface area contributed by atoms with Gasteiger partial charge in [-0.2, -0.15) is 0 Å². The monoisotopic (exact) mass is 236 g/mol. The van der Waals surface area contributed by atoms with Crippen LogP contribution >= 0.6 is 0 Å². The number of rotatable bonds is 1. The molecule has 3 rings (SSSR count). The molecule has 0 aromatic rings. The minimum Gasteiger partial charge on any atom is -0.313 e. The Morgan fingerprint density at radius 1 is 1.00 bits per heavy atom. The van der Waals surface area contributed by atoms with Crippen LogP contribution in [0.15, 0.2) is 0 Å². The van der Waals surface area contributed by atoms with Crippen LogP contribution < -0.4 is 5.32 Å². The van der Waals surface area contributed by atoms with Crippen LogP contribution in [0.3, 0.4) is 0 Å². The topological polar surface area (TPSA) is 49.4 Å². The van der Waals surface area contributed by atoms with Crippen molar-refractivity contribution >= 4 is 11.8 Å². The van der Waals surface area contributed by atoms with Crippen LogP contribution in [0.25, 0.3) is 0 Å². The molecule has 1 N–H and O–H groups in total. The molecule has 0 atom stereocenters. The van der Waals surface area contributed by atoms with E-state index in [9.17, 15) is 9.59 Å². The molecule has 3 aliphatic rings. The molecule has 94 valence electrons. The second kappa shape index (κ2) is 4.09. The Morgan fingerprint density at radius 3 is 2.06 bits per heavy atom. The van der Waals surface area contributed by atoms with Crippen molar-refractivity contribution in [3.05, 3.63) is 0 Å². The van der Waals surface area contributed by atoms with Gasteiger partial charge in [-0.3, -0.25) is 14.5 Å². The third-order valence-electron chi connectivity index (χ3n) is 4.63. The summed E-state index contributed by atoms with van der Waals surface area (Å²) in [5, 5.41) is 3.12. The summed E-state index contributed by atoms with van der Waals surface area (Å²) in [4.78, 5) is 25.9. The van der Waals surface area contributed by atoms with Gasteiger partial charge in [0.15, 0.2) is 0 Å². The number of hydrogen-bond acceptors (Lipinski definition) is 3. The molecule has 1 spiro atoms. The number of nitrogens with zero attached hydrogens (tertiary/aromatic N) is 1. The van der Waals surface area contributed by atoms with Crippen LogP contribution in [-0.2, 0) is 9.59 Å². The summed E-state index contributed by atoms with van der Waals surface area (Å²) < 4.78 is 0. The lowest BCUT2D eigenvalue weighted by Crippen LogP contribution is -2.63. The van der Waals surface area contributed by atoms with Gasteiger partial charge >= 0.3 is 0 Å². The van der Waals surface area contributed by atoms with Crippen molar-refractivity contribution in [2.75, 3.05) is 13.1 Å². The Morgan fingerprint density at radius 2 is 1.59 bits per heavy atom. The first-order valence-corrected chi connectivity index (χ1v) is 6.76. The van der Waals surface area contributed by atoms with E-state index in [1.165, 1.54) is 24.2 Å². The van der Waals surface area contributed by atoms with E-state index < -0.39 is 0 Å². The number of carbonyl (C=O) groups is 2. The third kappa shape index (κ3) is 1.88. The molecule has 2 heterocycles. The summed E-state index contributed by atoms with van der Waals surface area (Å²) in [7, 11) is 0. The molecule has 17 heavy (non-hydrogen) atoms. The molecule has 0 bridgehead atoms. The summed E-state index contributed by atoms with van der Waals surface area (Å²) in [5.41, 5.74) is 0.0279. The average Bonchev–Trinajstić information content (AvgIpc) is 2.22. The molecular weight excluding hydrogens is 216 g/mol. The number of piperidine rings is 1. The average molecular weight is 236 g/mol. The van der Waals surface area contributed by atoms with Crippen LogP contribution in [0.4, 0.5) is 0 Å². The highest BCUT2D eigenvalue weighted by molar-refractivity contribution is 5.99. The molecule has 2 amide bonds. The third-order valence-corrected chi connectivity index (χ3v) is 4.63. The molecule has 0 aromatic heterocycles. The predicted octanol–water partition coefficient (Wildman–Crippen LogP) is 1.06. The van der Waals surface area contributed by atoms with Crippen molar-refractivity contribution in [3.63, 3.8) is 0 Å². The fourth-order valence-corrected chi connectivity index (χ4v) is 3.53. The quantitative estimate of drug-likeness (QED) is 0.693. The van der Waals surface area contributed by atoms with Gasteiger partial charge < -0.3 is 5.32 Å². The van der Waals surface area contributed by atoms with Crippen LogP contribution in [0.1, 0.15) is 44.9 Å². The van der Waals surface area contributed by atoms with Crippen molar-refractivity contribution < 1.29 is 9.59 Å². The smallest absolute Gasteiger partial charge is 0.230 e. The molecule has 0 aromatic carbocycles. The second-order valence-electron chi connectivity index (χ2n) is 5.88.